The largest absolute Gasteiger partial charge is 0.462 e. The molecule has 0 saturated heterocycles. The molecule has 0 aromatic carbocycles. The van der Waals surface area contributed by atoms with Crippen LogP contribution in [-0.4, -0.2) is 61.3 Å². The number of aliphatic hydroxyl groups excluding tert-OH is 2. The molecule has 0 atom stereocenters. The van der Waals surface area contributed by atoms with Crippen LogP contribution in [0.25, 0.3) is 0 Å². The second-order valence-electron chi connectivity index (χ2n) is 9.92. The molecule has 0 heterocycles. The van der Waals surface area contributed by atoms with Crippen LogP contribution in [0.5, 0.6) is 0 Å². The van der Waals surface area contributed by atoms with Gasteiger partial charge in [0.1, 0.15) is 0 Å². The van der Waals surface area contributed by atoms with Crippen molar-refractivity contribution in [3.8, 4) is 0 Å². The zero-order chi connectivity index (χ0) is 24.9. The van der Waals surface area contributed by atoms with Crippen molar-refractivity contribution in [2.24, 2.45) is 23.7 Å². The monoisotopic (exact) mass is 480 g/mol. The summed E-state index contributed by atoms with van der Waals surface area (Å²) in [6.07, 6.45) is 11.8. The van der Waals surface area contributed by atoms with Crippen molar-refractivity contribution < 1.29 is 34.0 Å². The Morgan fingerprint density at radius 1 is 0.824 bits per heavy atom. The van der Waals surface area contributed by atoms with Gasteiger partial charge in [-0.1, -0.05) is 26.5 Å². The standard InChI is InChI=1S/C27H44O7/c1-4-5-14-32-25-12-10-22(11-13-25)21-6-8-23(9-7-21)24(17-33-26(30)19(2)15-28)18-34-27(31)20(3)16-29/h21-25,28-29H,2-18H2,1H3. The van der Waals surface area contributed by atoms with Gasteiger partial charge in [-0.15, -0.1) is 0 Å². The molecule has 2 fully saturated rings. The van der Waals surface area contributed by atoms with Gasteiger partial charge in [-0.3, -0.25) is 0 Å². The first kappa shape index (κ1) is 28.5. The number of hydrogen-bond donors (Lipinski definition) is 2. The van der Waals surface area contributed by atoms with Crippen LogP contribution < -0.4 is 0 Å². The fourth-order valence-electron chi connectivity index (χ4n) is 5.23. The van der Waals surface area contributed by atoms with E-state index in [1.165, 1.54) is 19.3 Å². The summed E-state index contributed by atoms with van der Waals surface area (Å²) in [6.45, 7) is 9.37. The average molecular weight is 481 g/mol. The molecule has 7 heteroatoms. The molecule has 0 amide bonds. The summed E-state index contributed by atoms with van der Waals surface area (Å²) in [5.41, 5.74) is 0.00442. The Hall–Kier alpha value is -1.70. The lowest BCUT2D eigenvalue weighted by Crippen LogP contribution is -2.33. The minimum Gasteiger partial charge on any atom is -0.462 e. The van der Waals surface area contributed by atoms with E-state index in [2.05, 4.69) is 20.1 Å². The van der Waals surface area contributed by atoms with Crippen LogP contribution in [0.2, 0.25) is 0 Å². The van der Waals surface area contributed by atoms with Gasteiger partial charge in [-0.25, -0.2) is 9.59 Å². The minimum atomic E-state index is -0.634. The van der Waals surface area contributed by atoms with Gasteiger partial charge in [-0.2, -0.15) is 0 Å². The van der Waals surface area contributed by atoms with Gasteiger partial charge in [0, 0.05) is 12.5 Å². The van der Waals surface area contributed by atoms with Crippen LogP contribution in [0.4, 0.5) is 0 Å². The average Bonchev–Trinajstić information content (AvgIpc) is 2.88. The molecule has 0 aromatic rings. The number of hydrogen-bond acceptors (Lipinski definition) is 7. The number of carbonyl (C=O) groups excluding carboxylic acids is 2. The van der Waals surface area contributed by atoms with Gasteiger partial charge in [0.15, 0.2) is 0 Å². The zero-order valence-corrected chi connectivity index (χ0v) is 20.8. The topological polar surface area (TPSA) is 102 Å². The van der Waals surface area contributed by atoms with Crippen LogP contribution in [-0.2, 0) is 23.8 Å². The zero-order valence-electron chi connectivity index (χ0n) is 20.8. The predicted molar refractivity (Wildman–Crippen MR) is 130 cm³/mol. The second kappa shape index (κ2) is 15.3. The molecule has 2 aliphatic carbocycles. The maximum atomic E-state index is 12.0. The Labute approximate surface area is 204 Å². The fourth-order valence-corrected chi connectivity index (χ4v) is 5.23. The number of unbranched alkanes of at least 4 members (excludes halogenated alkanes) is 1. The number of ether oxygens (including phenoxy) is 3. The number of esters is 2. The lowest BCUT2D eigenvalue weighted by molar-refractivity contribution is -0.146. The van der Waals surface area contributed by atoms with Crippen molar-refractivity contribution >= 4 is 11.9 Å². The molecule has 0 bridgehead atoms. The number of carbonyl (C=O) groups is 2. The van der Waals surface area contributed by atoms with E-state index in [1.807, 2.05) is 0 Å². The summed E-state index contributed by atoms with van der Waals surface area (Å²) >= 11 is 0. The van der Waals surface area contributed by atoms with Crippen molar-refractivity contribution in [1.29, 1.82) is 0 Å². The Morgan fingerprint density at radius 3 is 1.74 bits per heavy atom. The van der Waals surface area contributed by atoms with Crippen molar-refractivity contribution in [2.75, 3.05) is 33.0 Å². The van der Waals surface area contributed by atoms with Crippen LogP contribution in [0.3, 0.4) is 0 Å². The van der Waals surface area contributed by atoms with E-state index in [9.17, 15) is 9.59 Å². The molecule has 2 aliphatic rings. The quantitative estimate of drug-likeness (QED) is 0.220. The van der Waals surface area contributed by atoms with Gasteiger partial charge in [0.2, 0.25) is 0 Å². The summed E-state index contributed by atoms with van der Waals surface area (Å²) < 4.78 is 16.7. The molecule has 34 heavy (non-hydrogen) atoms. The third-order valence-corrected chi connectivity index (χ3v) is 7.54. The minimum absolute atomic E-state index is 0.00221. The summed E-state index contributed by atoms with van der Waals surface area (Å²) in [7, 11) is 0. The summed E-state index contributed by atoms with van der Waals surface area (Å²) in [4.78, 5) is 24.0. The number of aliphatic hydroxyl groups is 2. The van der Waals surface area contributed by atoms with Gasteiger partial charge in [0.05, 0.1) is 43.7 Å². The fraction of sp³-hybridized carbons (Fsp3) is 0.778. The van der Waals surface area contributed by atoms with E-state index in [4.69, 9.17) is 24.4 Å². The molecule has 0 aliphatic heterocycles. The van der Waals surface area contributed by atoms with E-state index in [0.717, 1.165) is 57.5 Å². The Bertz CT molecular complexity index is 626. The van der Waals surface area contributed by atoms with E-state index >= 15 is 0 Å². The van der Waals surface area contributed by atoms with Crippen LogP contribution in [0, 0.1) is 23.7 Å². The Kier molecular flexibility index (Phi) is 12.9. The molecule has 0 aromatic heterocycles. The third kappa shape index (κ3) is 9.16. The van der Waals surface area contributed by atoms with Gasteiger partial charge in [0.25, 0.3) is 0 Å². The highest BCUT2D eigenvalue weighted by Crippen LogP contribution is 2.42. The molecule has 2 saturated carbocycles. The molecule has 7 nitrogen and oxygen atoms in total. The van der Waals surface area contributed by atoms with Gasteiger partial charge < -0.3 is 24.4 Å². The lowest BCUT2D eigenvalue weighted by Gasteiger charge is -2.39. The van der Waals surface area contributed by atoms with Gasteiger partial charge in [-0.05, 0) is 75.5 Å². The van der Waals surface area contributed by atoms with Crippen molar-refractivity contribution in [3.05, 3.63) is 24.3 Å². The normalized spacial score (nSPS) is 25.1. The van der Waals surface area contributed by atoms with Crippen LogP contribution in [0.15, 0.2) is 24.3 Å². The summed E-state index contributed by atoms with van der Waals surface area (Å²) in [5, 5.41) is 18.2. The molecule has 2 rings (SSSR count). The SMILES string of the molecule is C=C(CO)C(=O)OCC(COC(=O)C(=C)CO)C1CCC(C2CCC(OCCCC)CC2)CC1. The third-order valence-electron chi connectivity index (χ3n) is 7.54. The van der Waals surface area contributed by atoms with E-state index in [1.54, 1.807) is 0 Å². The van der Waals surface area contributed by atoms with E-state index < -0.39 is 25.2 Å². The summed E-state index contributed by atoms with van der Waals surface area (Å²) in [6, 6.07) is 0. The molecule has 0 radical (unpaired) electrons. The van der Waals surface area contributed by atoms with Crippen LogP contribution in [0.1, 0.15) is 71.1 Å². The Morgan fingerprint density at radius 2 is 1.29 bits per heavy atom. The molecular formula is C27H44O7. The van der Waals surface area contributed by atoms with Crippen LogP contribution >= 0.6 is 0 Å². The van der Waals surface area contributed by atoms with Crippen molar-refractivity contribution in [3.63, 3.8) is 0 Å². The highest BCUT2D eigenvalue weighted by atomic mass is 16.5. The predicted octanol–water partition coefficient (Wildman–Crippen LogP) is 3.97. The van der Waals surface area contributed by atoms with Crippen molar-refractivity contribution in [2.45, 2.75) is 77.2 Å². The highest BCUT2D eigenvalue weighted by Gasteiger charge is 2.34. The molecular weight excluding hydrogens is 436 g/mol. The highest BCUT2D eigenvalue weighted by molar-refractivity contribution is 5.88. The van der Waals surface area contributed by atoms with E-state index in [0.29, 0.717) is 12.0 Å². The number of rotatable bonds is 14. The van der Waals surface area contributed by atoms with E-state index in [-0.39, 0.29) is 36.2 Å². The molecule has 2 N–H and O–H groups in total. The molecule has 194 valence electrons. The lowest BCUT2D eigenvalue weighted by atomic mass is 9.68. The second-order valence-corrected chi connectivity index (χ2v) is 9.92. The Balaban J connectivity index is 1.84. The first-order chi connectivity index (χ1) is 16.4. The summed E-state index contributed by atoms with van der Waals surface area (Å²) in [5.74, 6) is 0.323. The maximum absolute atomic E-state index is 12.0. The van der Waals surface area contributed by atoms with Gasteiger partial charge >= 0.3 is 11.9 Å². The molecule has 0 unspecified atom stereocenters. The smallest absolute Gasteiger partial charge is 0.335 e. The van der Waals surface area contributed by atoms with Crippen molar-refractivity contribution in [1.82, 2.24) is 0 Å². The maximum Gasteiger partial charge on any atom is 0.335 e. The first-order valence-corrected chi connectivity index (χ1v) is 12.9. The first-order valence-electron chi connectivity index (χ1n) is 12.9. The molecule has 0 spiro atoms.